The maximum Gasteiger partial charge on any atom is 0.315 e. The van der Waals surface area contributed by atoms with Gasteiger partial charge in [0.25, 0.3) is 6.43 Å². The van der Waals surface area contributed by atoms with Crippen molar-refractivity contribution < 1.29 is 18.3 Å². The van der Waals surface area contributed by atoms with Crippen molar-refractivity contribution in [2.45, 2.75) is 19.4 Å². The van der Waals surface area contributed by atoms with Crippen LogP contribution < -0.4 is 20.3 Å². The molecule has 0 saturated carbocycles. The highest BCUT2D eigenvalue weighted by Gasteiger charge is 2.18. The van der Waals surface area contributed by atoms with E-state index in [4.69, 9.17) is 4.74 Å². The number of aromatic nitrogens is 2. The van der Waals surface area contributed by atoms with E-state index >= 15 is 0 Å². The first-order valence-corrected chi connectivity index (χ1v) is 10.4. The predicted molar refractivity (Wildman–Crippen MR) is 113 cm³/mol. The van der Waals surface area contributed by atoms with E-state index in [0.717, 1.165) is 50.7 Å². The number of anilines is 1. The van der Waals surface area contributed by atoms with E-state index in [9.17, 15) is 13.6 Å². The van der Waals surface area contributed by atoms with E-state index in [0.29, 0.717) is 18.8 Å². The number of halogens is 2. The highest BCUT2D eigenvalue weighted by molar-refractivity contribution is 5.73. The second kappa shape index (κ2) is 12.0. The lowest BCUT2D eigenvalue weighted by atomic mass is 10.2. The van der Waals surface area contributed by atoms with Gasteiger partial charge in [0.05, 0.1) is 0 Å². The maximum atomic E-state index is 12.2. The van der Waals surface area contributed by atoms with Crippen LogP contribution in [0.1, 0.15) is 12.0 Å². The molecule has 0 aliphatic carbocycles. The molecule has 0 radical (unpaired) electrons. The largest absolute Gasteiger partial charge is 0.488 e. The number of hydrogen-bond donors (Lipinski definition) is 2. The van der Waals surface area contributed by atoms with Crippen LogP contribution in [0.2, 0.25) is 0 Å². The Kier molecular flexibility index (Phi) is 8.77. The van der Waals surface area contributed by atoms with Crippen molar-refractivity contribution in [2.75, 3.05) is 50.8 Å². The van der Waals surface area contributed by atoms with E-state index in [-0.39, 0.29) is 6.03 Å². The Labute approximate surface area is 180 Å². The molecule has 10 heteroatoms. The number of nitrogens with one attached hydrogen (secondary N) is 2. The van der Waals surface area contributed by atoms with Crippen molar-refractivity contribution in [3.63, 3.8) is 0 Å². The summed E-state index contributed by atoms with van der Waals surface area (Å²) in [5, 5.41) is 5.61. The molecule has 0 unspecified atom stereocenters. The minimum atomic E-state index is -2.52. The minimum Gasteiger partial charge on any atom is -0.488 e. The van der Waals surface area contributed by atoms with Crippen molar-refractivity contribution in [3.8, 4) is 5.75 Å². The lowest BCUT2D eigenvalue weighted by Gasteiger charge is -2.34. The van der Waals surface area contributed by atoms with Crippen LogP contribution in [0.3, 0.4) is 0 Å². The van der Waals surface area contributed by atoms with Gasteiger partial charge in [0, 0.05) is 51.7 Å². The highest BCUT2D eigenvalue weighted by Crippen LogP contribution is 2.14. The van der Waals surface area contributed by atoms with Crippen LogP contribution in [0.5, 0.6) is 5.75 Å². The molecule has 31 heavy (non-hydrogen) atoms. The van der Waals surface area contributed by atoms with Gasteiger partial charge in [-0.1, -0.05) is 12.1 Å². The zero-order valence-electron chi connectivity index (χ0n) is 17.3. The number of rotatable bonds is 10. The summed E-state index contributed by atoms with van der Waals surface area (Å²) in [6.45, 7) is 4.78. The Hall–Kier alpha value is -3.01. The van der Waals surface area contributed by atoms with Gasteiger partial charge in [-0.3, -0.25) is 4.90 Å². The van der Waals surface area contributed by atoms with Crippen molar-refractivity contribution in [3.05, 3.63) is 48.3 Å². The summed E-state index contributed by atoms with van der Waals surface area (Å²) in [5.41, 5.74) is 0.780. The smallest absolute Gasteiger partial charge is 0.315 e. The fourth-order valence-corrected chi connectivity index (χ4v) is 3.28. The van der Waals surface area contributed by atoms with Crippen LogP contribution in [0.4, 0.5) is 19.5 Å². The molecule has 1 fully saturated rings. The highest BCUT2D eigenvalue weighted by atomic mass is 19.3. The third-order valence-corrected chi connectivity index (χ3v) is 4.87. The SMILES string of the molecule is O=C(NCCCN1CCN(c2ncccn2)CC1)NCc1cccc(OCC(F)F)c1. The van der Waals surface area contributed by atoms with Gasteiger partial charge in [0.2, 0.25) is 5.95 Å². The van der Waals surface area contributed by atoms with Crippen LogP contribution in [0, 0.1) is 0 Å². The molecule has 168 valence electrons. The topological polar surface area (TPSA) is 82.6 Å². The second-order valence-electron chi connectivity index (χ2n) is 7.19. The zero-order chi connectivity index (χ0) is 21.9. The monoisotopic (exact) mass is 434 g/mol. The summed E-state index contributed by atoms with van der Waals surface area (Å²) in [4.78, 5) is 25.1. The molecule has 0 bridgehead atoms. The molecule has 2 aromatic rings. The lowest BCUT2D eigenvalue weighted by molar-refractivity contribution is 0.0818. The molecule has 1 aromatic carbocycles. The quantitative estimate of drug-likeness (QED) is 0.558. The van der Waals surface area contributed by atoms with Gasteiger partial charge in [0.1, 0.15) is 12.4 Å². The summed E-state index contributed by atoms with van der Waals surface area (Å²) in [6, 6.07) is 8.31. The van der Waals surface area contributed by atoms with Crippen molar-refractivity contribution in [1.82, 2.24) is 25.5 Å². The van der Waals surface area contributed by atoms with E-state index in [1.807, 2.05) is 6.07 Å². The molecule has 3 rings (SSSR count). The number of carbonyl (C=O) groups is 1. The summed E-state index contributed by atoms with van der Waals surface area (Å²) >= 11 is 0. The van der Waals surface area contributed by atoms with Gasteiger partial charge in [-0.25, -0.2) is 23.5 Å². The summed E-state index contributed by atoms with van der Waals surface area (Å²) in [7, 11) is 0. The van der Waals surface area contributed by atoms with Crippen LogP contribution in [-0.4, -0.2) is 73.2 Å². The van der Waals surface area contributed by atoms with Crippen molar-refractivity contribution >= 4 is 12.0 Å². The molecule has 0 spiro atoms. The van der Waals surface area contributed by atoms with E-state index in [1.54, 1.807) is 36.7 Å². The van der Waals surface area contributed by atoms with Gasteiger partial charge >= 0.3 is 6.03 Å². The molecule has 8 nitrogen and oxygen atoms in total. The fraction of sp³-hybridized carbons (Fsp3) is 0.476. The fourth-order valence-electron chi connectivity index (χ4n) is 3.28. The summed E-state index contributed by atoms with van der Waals surface area (Å²) in [6.07, 6.45) is 1.84. The first-order valence-electron chi connectivity index (χ1n) is 10.4. The number of hydrogen-bond acceptors (Lipinski definition) is 6. The zero-order valence-corrected chi connectivity index (χ0v) is 17.3. The number of benzene rings is 1. The Balaban J connectivity index is 1.27. The number of amides is 2. The van der Waals surface area contributed by atoms with Crippen LogP contribution in [0.25, 0.3) is 0 Å². The lowest BCUT2D eigenvalue weighted by Crippen LogP contribution is -2.47. The van der Waals surface area contributed by atoms with Crippen LogP contribution in [0.15, 0.2) is 42.7 Å². The number of alkyl halides is 2. The first-order chi connectivity index (χ1) is 15.1. The normalized spacial score (nSPS) is 14.5. The average molecular weight is 434 g/mol. The maximum absolute atomic E-state index is 12.2. The number of urea groups is 1. The van der Waals surface area contributed by atoms with Gasteiger partial charge in [-0.15, -0.1) is 0 Å². The molecule has 2 heterocycles. The van der Waals surface area contributed by atoms with Gasteiger partial charge < -0.3 is 20.3 Å². The third kappa shape index (κ3) is 7.97. The van der Waals surface area contributed by atoms with Crippen molar-refractivity contribution in [1.29, 1.82) is 0 Å². The third-order valence-electron chi connectivity index (χ3n) is 4.87. The minimum absolute atomic E-state index is 0.259. The van der Waals surface area contributed by atoms with Gasteiger partial charge in [-0.05, 0) is 36.7 Å². The van der Waals surface area contributed by atoms with E-state index in [2.05, 4.69) is 30.4 Å². The Morgan fingerprint density at radius 3 is 2.61 bits per heavy atom. The molecular formula is C21H28F2N6O2. The Morgan fingerprint density at radius 1 is 1.10 bits per heavy atom. The van der Waals surface area contributed by atoms with E-state index in [1.165, 1.54) is 0 Å². The first kappa shape index (κ1) is 22.7. The number of nitrogens with zero attached hydrogens (tertiary/aromatic N) is 4. The molecule has 1 aromatic heterocycles. The van der Waals surface area contributed by atoms with Crippen molar-refractivity contribution in [2.24, 2.45) is 0 Å². The Bertz CT molecular complexity index is 803. The number of piperazine rings is 1. The number of ether oxygens (including phenoxy) is 1. The van der Waals surface area contributed by atoms with Gasteiger partial charge in [-0.2, -0.15) is 0 Å². The summed E-state index contributed by atoms with van der Waals surface area (Å²) < 4.78 is 29.4. The average Bonchev–Trinajstić information content (AvgIpc) is 2.80. The van der Waals surface area contributed by atoms with Gasteiger partial charge in [0.15, 0.2) is 0 Å². The molecule has 0 atom stereocenters. The second-order valence-corrected chi connectivity index (χ2v) is 7.19. The summed E-state index contributed by atoms with van der Waals surface area (Å²) in [5.74, 6) is 1.13. The van der Waals surface area contributed by atoms with E-state index < -0.39 is 13.0 Å². The standard InChI is InChI=1S/C21H28F2N6O2/c22-19(23)16-31-18-5-1-4-17(14-18)15-27-21(30)26-8-3-9-28-10-12-29(13-11-28)20-24-6-2-7-25-20/h1-2,4-7,14,19H,3,8-13,15-16H2,(H2,26,27,30). The molecule has 2 N–H and O–H groups in total. The molecule has 2 amide bonds. The Morgan fingerprint density at radius 2 is 1.87 bits per heavy atom. The predicted octanol–water partition coefficient (Wildman–Crippen LogP) is 2.13. The molecule has 1 aliphatic heterocycles. The van der Waals surface area contributed by atoms with Crippen LogP contribution in [-0.2, 0) is 6.54 Å². The number of carbonyl (C=O) groups excluding carboxylic acids is 1. The van der Waals surface area contributed by atoms with Crippen LogP contribution >= 0.6 is 0 Å². The molecule has 1 saturated heterocycles. The molecule has 1 aliphatic rings. The molecular weight excluding hydrogens is 406 g/mol.